The molecule has 0 N–H and O–H groups in total. The zero-order chi connectivity index (χ0) is 12.8. The summed E-state index contributed by atoms with van der Waals surface area (Å²) in [6.45, 7) is 6.71. The Kier molecular flexibility index (Phi) is 6.24. The van der Waals surface area contributed by atoms with E-state index in [1.807, 2.05) is 6.92 Å². The van der Waals surface area contributed by atoms with E-state index in [0.29, 0.717) is 23.3 Å². The van der Waals surface area contributed by atoms with Crippen molar-refractivity contribution in [2.45, 2.75) is 51.3 Å². The van der Waals surface area contributed by atoms with Gasteiger partial charge in [0.1, 0.15) is 0 Å². The summed E-state index contributed by atoms with van der Waals surface area (Å²) in [6.07, 6.45) is 6.53. The Bertz CT molecular complexity index is 286. The molecule has 1 aliphatic rings. The first-order valence-electron chi connectivity index (χ1n) is 6.62. The fourth-order valence-electron chi connectivity index (χ4n) is 2.36. The molecule has 0 bridgehead atoms. The van der Waals surface area contributed by atoms with Gasteiger partial charge in [-0.2, -0.15) is 0 Å². The van der Waals surface area contributed by atoms with Gasteiger partial charge in [-0.25, -0.2) is 4.79 Å². The predicted octanol–water partition coefficient (Wildman–Crippen LogP) is 4.09. The van der Waals surface area contributed by atoms with Gasteiger partial charge in [0, 0.05) is 10.4 Å². The largest absolute Gasteiger partial charge is 0.463 e. The van der Waals surface area contributed by atoms with Crippen molar-refractivity contribution in [3.8, 4) is 0 Å². The first-order chi connectivity index (χ1) is 8.10. The zero-order valence-electron chi connectivity index (χ0n) is 11.0. The molecule has 0 fully saturated rings. The van der Waals surface area contributed by atoms with Crippen LogP contribution >= 0.6 is 15.9 Å². The molecule has 98 valence electrons. The van der Waals surface area contributed by atoms with Crippen LogP contribution in [0.1, 0.15) is 46.5 Å². The van der Waals surface area contributed by atoms with Crippen LogP contribution in [0.4, 0.5) is 0 Å². The maximum Gasteiger partial charge on any atom is 0.333 e. The Labute approximate surface area is 113 Å². The summed E-state index contributed by atoms with van der Waals surface area (Å²) >= 11 is 3.77. The summed E-state index contributed by atoms with van der Waals surface area (Å²) in [7, 11) is 0. The molecular weight excluding hydrogens is 280 g/mol. The van der Waals surface area contributed by atoms with Gasteiger partial charge >= 0.3 is 5.97 Å². The molecule has 0 saturated heterocycles. The Hall–Kier alpha value is -0.310. The van der Waals surface area contributed by atoms with Crippen LogP contribution in [0.3, 0.4) is 0 Å². The molecule has 0 heterocycles. The normalized spacial score (nSPS) is 28.7. The van der Waals surface area contributed by atoms with Crippen LogP contribution in [0, 0.1) is 11.8 Å². The second kappa shape index (κ2) is 7.20. The standard InChI is InChI=1S/C14H23BrO2/c1-4-6-7-11-9-12(14(16)17-5-2)8-10(3)13(11)15/h9-11,13H,4-8H2,1-3H3/t10-,11+,13?/m1/s1. The molecule has 1 rings (SSSR count). The van der Waals surface area contributed by atoms with Crippen LogP contribution in [-0.2, 0) is 9.53 Å². The SMILES string of the molecule is CCCC[C@H]1C=C(C(=O)OCC)C[C@@H](C)C1Br. The third-order valence-electron chi connectivity index (χ3n) is 3.34. The second-order valence-corrected chi connectivity index (χ2v) is 5.90. The van der Waals surface area contributed by atoms with Crippen LogP contribution in [-0.4, -0.2) is 17.4 Å². The Morgan fingerprint density at radius 2 is 2.24 bits per heavy atom. The molecule has 0 radical (unpaired) electrons. The highest BCUT2D eigenvalue weighted by Gasteiger charge is 2.30. The number of esters is 1. The van der Waals surface area contributed by atoms with Gasteiger partial charge in [-0.3, -0.25) is 0 Å². The van der Waals surface area contributed by atoms with E-state index in [0.717, 1.165) is 18.4 Å². The molecule has 0 amide bonds. The maximum absolute atomic E-state index is 11.8. The van der Waals surface area contributed by atoms with Gasteiger partial charge in [0.15, 0.2) is 0 Å². The van der Waals surface area contributed by atoms with Crippen LogP contribution < -0.4 is 0 Å². The summed E-state index contributed by atoms with van der Waals surface area (Å²) in [5.74, 6) is 0.847. The van der Waals surface area contributed by atoms with Gasteiger partial charge in [0.25, 0.3) is 0 Å². The molecule has 0 aromatic carbocycles. The number of alkyl halides is 1. The van der Waals surface area contributed by atoms with Crippen molar-refractivity contribution in [1.29, 1.82) is 0 Å². The minimum Gasteiger partial charge on any atom is -0.463 e. The summed E-state index contributed by atoms with van der Waals surface area (Å²) < 4.78 is 5.10. The number of rotatable bonds is 5. The molecule has 3 atom stereocenters. The summed E-state index contributed by atoms with van der Waals surface area (Å²) in [5, 5.41) is 0. The van der Waals surface area contributed by atoms with Crippen LogP contribution in [0.25, 0.3) is 0 Å². The van der Waals surface area contributed by atoms with Crippen LogP contribution in [0.15, 0.2) is 11.6 Å². The number of carbonyl (C=O) groups is 1. The van der Waals surface area contributed by atoms with Gasteiger partial charge in [-0.15, -0.1) is 0 Å². The Morgan fingerprint density at radius 1 is 1.53 bits per heavy atom. The van der Waals surface area contributed by atoms with E-state index in [4.69, 9.17) is 4.74 Å². The maximum atomic E-state index is 11.8. The molecule has 3 heteroatoms. The van der Waals surface area contributed by atoms with Gasteiger partial charge < -0.3 is 4.74 Å². The van der Waals surface area contributed by atoms with E-state index >= 15 is 0 Å². The summed E-state index contributed by atoms with van der Waals surface area (Å²) in [4.78, 5) is 12.3. The van der Waals surface area contributed by atoms with E-state index in [2.05, 4.69) is 35.9 Å². The lowest BCUT2D eigenvalue weighted by atomic mass is 9.81. The van der Waals surface area contributed by atoms with E-state index in [9.17, 15) is 4.79 Å². The van der Waals surface area contributed by atoms with Gasteiger partial charge in [-0.05, 0) is 31.6 Å². The van der Waals surface area contributed by atoms with Gasteiger partial charge in [0.05, 0.1) is 6.61 Å². The molecule has 0 saturated carbocycles. The smallest absolute Gasteiger partial charge is 0.333 e. The monoisotopic (exact) mass is 302 g/mol. The lowest BCUT2D eigenvalue weighted by molar-refractivity contribution is -0.138. The number of halogens is 1. The molecule has 17 heavy (non-hydrogen) atoms. The minimum absolute atomic E-state index is 0.125. The predicted molar refractivity (Wildman–Crippen MR) is 74.2 cm³/mol. The molecule has 0 spiro atoms. The van der Waals surface area contributed by atoms with Crippen molar-refractivity contribution in [3.05, 3.63) is 11.6 Å². The fourth-order valence-corrected chi connectivity index (χ4v) is 2.96. The van der Waals surface area contributed by atoms with E-state index in [-0.39, 0.29) is 5.97 Å². The fraction of sp³-hybridized carbons (Fsp3) is 0.786. The Balaban J connectivity index is 2.73. The Morgan fingerprint density at radius 3 is 2.82 bits per heavy atom. The number of allylic oxidation sites excluding steroid dienone is 1. The molecule has 0 aromatic rings. The van der Waals surface area contributed by atoms with Gasteiger partial charge in [-0.1, -0.05) is 48.7 Å². The average Bonchev–Trinajstić information content (AvgIpc) is 2.31. The summed E-state index contributed by atoms with van der Waals surface area (Å²) in [5.41, 5.74) is 0.871. The highest BCUT2D eigenvalue weighted by Crippen LogP contribution is 2.36. The number of hydrogen-bond acceptors (Lipinski definition) is 2. The quantitative estimate of drug-likeness (QED) is 0.565. The molecule has 0 aromatic heterocycles. The van der Waals surface area contributed by atoms with Crippen molar-refractivity contribution in [3.63, 3.8) is 0 Å². The van der Waals surface area contributed by atoms with Crippen molar-refractivity contribution >= 4 is 21.9 Å². The van der Waals surface area contributed by atoms with Crippen molar-refractivity contribution in [2.75, 3.05) is 6.61 Å². The number of ether oxygens (including phenoxy) is 1. The molecule has 1 unspecified atom stereocenters. The van der Waals surface area contributed by atoms with E-state index < -0.39 is 0 Å². The molecule has 0 aliphatic heterocycles. The first-order valence-corrected chi connectivity index (χ1v) is 7.53. The highest BCUT2D eigenvalue weighted by atomic mass is 79.9. The average molecular weight is 303 g/mol. The lowest BCUT2D eigenvalue weighted by Crippen LogP contribution is -2.28. The van der Waals surface area contributed by atoms with Gasteiger partial charge in [0.2, 0.25) is 0 Å². The minimum atomic E-state index is -0.125. The zero-order valence-corrected chi connectivity index (χ0v) is 12.6. The van der Waals surface area contributed by atoms with Crippen LogP contribution in [0.5, 0.6) is 0 Å². The number of carbonyl (C=O) groups excluding carboxylic acids is 1. The van der Waals surface area contributed by atoms with Crippen molar-refractivity contribution < 1.29 is 9.53 Å². The van der Waals surface area contributed by atoms with Crippen molar-refractivity contribution in [1.82, 2.24) is 0 Å². The molecular formula is C14H23BrO2. The summed E-state index contributed by atoms with van der Waals surface area (Å²) in [6, 6.07) is 0. The van der Waals surface area contributed by atoms with E-state index in [1.165, 1.54) is 12.8 Å². The molecule has 1 aliphatic carbocycles. The van der Waals surface area contributed by atoms with Crippen molar-refractivity contribution in [2.24, 2.45) is 11.8 Å². The molecule has 2 nitrogen and oxygen atoms in total. The third-order valence-corrected chi connectivity index (χ3v) is 4.92. The highest BCUT2D eigenvalue weighted by molar-refractivity contribution is 9.09. The van der Waals surface area contributed by atoms with E-state index in [1.54, 1.807) is 0 Å². The lowest BCUT2D eigenvalue weighted by Gasteiger charge is -2.31. The van der Waals surface area contributed by atoms with Crippen LogP contribution in [0.2, 0.25) is 0 Å². The first kappa shape index (κ1) is 14.7. The topological polar surface area (TPSA) is 26.3 Å². The number of unbranched alkanes of at least 4 members (excludes halogenated alkanes) is 1. The number of hydrogen-bond donors (Lipinski definition) is 0. The third kappa shape index (κ3) is 4.13. The second-order valence-electron chi connectivity index (χ2n) is 4.84.